The van der Waals surface area contributed by atoms with Gasteiger partial charge in [-0.3, -0.25) is 14.5 Å². The van der Waals surface area contributed by atoms with Crippen molar-refractivity contribution in [3.8, 4) is 5.75 Å². The topological polar surface area (TPSA) is 64.1 Å². The molecule has 1 atom stereocenters. The molecule has 0 radical (unpaired) electrons. The molecule has 2 amide bonds. The first-order valence-corrected chi connectivity index (χ1v) is 9.32. The van der Waals surface area contributed by atoms with E-state index in [9.17, 15) is 14.7 Å². The predicted molar refractivity (Wildman–Crippen MR) is 104 cm³/mol. The van der Waals surface area contributed by atoms with E-state index in [1.54, 1.807) is 36.4 Å². The molecule has 0 bridgehead atoms. The highest BCUT2D eigenvalue weighted by atomic mass is 35.5. The van der Waals surface area contributed by atoms with E-state index in [-0.39, 0.29) is 24.0 Å². The first kappa shape index (κ1) is 17.8. The third-order valence-electron chi connectivity index (χ3n) is 5.17. The zero-order valence-electron chi connectivity index (χ0n) is 14.7. The molecule has 7 heteroatoms. The number of hydrogen-bond acceptors (Lipinski definition) is 5. The molecule has 2 aliphatic rings. The number of carbonyl (C=O) groups is 2. The maximum absolute atomic E-state index is 12.9. The number of rotatable bonds is 3. The van der Waals surface area contributed by atoms with Gasteiger partial charge in [0.25, 0.3) is 5.91 Å². The molecule has 27 heavy (non-hydrogen) atoms. The number of nitrogens with zero attached hydrogens (tertiary/aromatic N) is 3. The highest BCUT2D eigenvalue weighted by molar-refractivity contribution is 6.31. The lowest BCUT2D eigenvalue weighted by Gasteiger charge is -2.38. The monoisotopic (exact) mass is 385 g/mol. The summed E-state index contributed by atoms with van der Waals surface area (Å²) in [4.78, 5) is 30.8. The van der Waals surface area contributed by atoms with E-state index in [4.69, 9.17) is 11.6 Å². The first-order chi connectivity index (χ1) is 13.0. The van der Waals surface area contributed by atoms with Gasteiger partial charge in [-0.25, -0.2) is 4.90 Å². The van der Waals surface area contributed by atoms with Crippen molar-refractivity contribution in [2.24, 2.45) is 0 Å². The van der Waals surface area contributed by atoms with Crippen LogP contribution in [0.15, 0.2) is 48.5 Å². The maximum Gasteiger partial charge on any atom is 0.251 e. The van der Waals surface area contributed by atoms with Gasteiger partial charge in [-0.1, -0.05) is 29.8 Å². The van der Waals surface area contributed by atoms with Gasteiger partial charge in [-0.05, 0) is 30.3 Å². The fraction of sp³-hybridized carbons (Fsp3) is 0.300. The third kappa shape index (κ3) is 3.38. The third-order valence-corrected chi connectivity index (χ3v) is 5.40. The maximum atomic E-state index is 12.9. The van der Waals surface area contributed by atoms with Crippen LogP contribution in [0.3, 0.4) is 0 Å². The fourth-order valence-corrected chi connectivity index (χ4v) is 3.98. The van der Waals surface area contributed by atoms with Crippen LogP contribution in [0.2, 0.25) is 5.02 Å². The van der Waals surface area contributed by atoms with E-state index in [1.165, 1.54) is 4.90 Å². The lowest BCUT2D eigenvalue weighted by atomic mass is 10.1. The zero-order valence-corrected chi connectivity index (χ0v) is 15.5. The van der Waals surface area contributed by atoms with Crippen LogP contribution in [-0.2, 0) is 9.59 Å². The number of amides is 2. The van der Waals surface area contributed by atoms with Crippen LogP contribution in [0, 0.1) is 0 Å². The van der Waals surface area contributed by atoms with Crippen molar-refractivity contribution in [2.75, 3.05) is 36.0 Å². The van der Waals surface area contributed by atoms with Crippen molar-refractivity contribution in [3.63, 3.8) is 0 Å². The number of carbonyl (C=O) groups excluding carboxylic acids is 2. The van der Waals surface area contributed by atoms with Gasteiger partial charge in [0.1, 0.15) is 5.75 Å². The minimum Gasteiger partial charge on any atom is -0.506 e. The molecule has 0 spiro atoms. The summed E-state index contributed by atoms with van der Waals surface area (Å²) in [6, 6.07) is 13.6. The Balaban J connectivity index is 1.45. The average Bonchev–Trinajstić information content (AvgIpc) is 2.96. The van der Waals surface area contributed by atoms with E-state index in [1.807, 2.05) is 12.1 Å². The number of anilines is 2. The second-order valence-corrected chi connectivity index (χ2v) is 7.22. The number of halogens is 1. The van der Waals surface area contributed by atoms with Crippen LogP contribution in [0.1, 0.15) is 6.42 Å². The van der Waals surface area contributed by atoms with Gasteiger partial charge in [-0.15, -0.1) is 0 Å². The zero-order chi connectivity index (χ0) is 19.0. The summed E-state index contributed by atoms with van der Waals surface area (Å²) in [5.74, 6) is -0.140. The van der Waals surface area contributed by atoms with Crippen molar-refractivity contribution >= 4 is 34.8 Å². The molecule has 2 saturated heterocycles. The molecule has 2 heterocycles. The molecule has 2 aliphatic heterocycles. The van der Waals surface area contributed by atoms with E-state index in [0.29, 0.717) is 36.9 Å². The number of phenolic OH excluding ortho intramolecular Hbond substituents is 1. The lowest BCUT2D eigenvalue weighted by Crippen LogP contribution is -2.52. The second-order valence-electron chi connectivity index (χ2n) is 6.78. The van der Waals surface area contributed by atoms with Gasteiger partial charge < -0.3 is 10.0 Å². The Kier molecular flexibility index (Phi) is 4.76. The smallest absolute Gasteiger partial charge is 0.251 e. The van der Waals surface area contributed by atoms with E-state index in [0.717, 1.165) is 5.69 Å². The largest absolute Gasteiger partial charge is 0.506 e. The number of benzene rings is 2. The quantitative estimate of drug-likeness (QED) is 0.822. The number of para-hydroxylation sites is 2. The SMILES string of the molecule is O=C1C[C@@H](N2CCN(c3ccccc3O)CC2)C(=O)N1c1cccc(Cl)c1. The van der Waals surface area contributed by atoms with Crippen molar-refractivity contribution < 1.29 is 14.7 Å². The molecular formula is C20H20ClN3O3. The number of phenols is 1. The van der Waals surface area contributed by atoms with Gasteiger partial charge in [0.15, 0.2) is 0 Å². The molecule has 0 unspecified atom stereocenters. The molecule has 140 valence electrons. The predicted octanol–water partition coefficient (Wildman–Crippen LogP) is 2.50. The Morgan fingerprint density at radius 3 is 2.41 bits per heavy atom. The lowest BCUT2D eigenvalue weighted by molar-refractivity contribution is -0.123. The molecule has 0 aromatic heterocycles. The average molecular weight is 386 g/mol. The van der Waals surface area contributed by atoms with Crippen LogP contribution in [0.25, 0.3) is 0 Å². The minimum absolute atomic E-state index is 0.182. The molecule has 4 rings (SSSR count). The van der Waals surface area contributed by atoms with Crippen LogP contribution < -0.4 is 9.80 Å². The van der Waals surface area contributed by atoms with Crippen molar-refractivity contribution in [1.29, 1.82) is 0 Å². The van der Waals surface area contributed by atoms with E-state index >= 15 is 0 Å². The Hall–Kier alpha value is -2.57. The molecule has 1 N–H and O–H groups in total. The number of imide groups is 1. The molecule has 6 nitrogen and oxygen atoms in total. The summed E-state index contributed by atoms with van der Waals surface area (Å²) in [6.07, 6.45) is 0.182. The van der Waals surface area contributed by atoms with Crippen molar-refractivity contribution in [2.45, 2.75) is 12.5 Å². The summed E-state index contributed by atoms with van der Waals surface area (Å²) < 4.78 is 0. The van der Waals surface area contributed by atoms with Gasteiger partial charge in [-0.2, -0.15) is 0 Å². The highest BCUT2D eigenvalue weighted by Crippen LogP contribution is 2.30. The normalized spacial score (nSPS) is 21.1. The van der Waals surface area contributed by atoms with Crippen molar-refractivity contribution in [1.82, 2.24) is 4.90 Å². The van der Waals surface area contributed by atoms with Gasteiger partial charge >= 0.3 is 0 Å². The molecule has 2 fully saturated rings. The summed E-state index contributed by atoms with van der Waals surface area (Å²) in [7, 11) is 0. The van der Waals surface area contributed by atoms with Crippen LogP contribution in [-0.4, -0.2) is 54.0 Å². The molecular weight excluding hydrogens is 366 g/mol. The summed E-state index contributed by atoms with van der Waals surface area (Å²) >= 11 is 6.01. The molecule has 0 saturated carbocycles. The van der Waals surface area contributed by atoms with Gasteiger partial charge in [0.2, 0.25) is 5.91 Å². The standard InChI is InChI=1S/C20H20ClN3O3/c21-14-4-3-5-15(12-14)24-19(26)13-17(20(24)27)23-10-8-22(9-11-23)16-6-1-2-7-18(16)25/h1-7,12,17,25H,8-11,13H2/t17-/m1/s1. The van der Waals surface area contributed by atoms with E-state index < -0.39 is 6.04 Å². The fourth-order valence-electron chi connectivity index (χ4n) is 3.79. The van der Waals surface area contributed by atoms with Crippen LogP contribution in [0.4, 0.5) is 11.4 Å². The van der Waals surface area contributed by atoms with Gasteiger partial charge in [0.05, 0.1) is 23.8 Å². The Morgan fingerprint density at radius 2 is 1.70 bits per heavy atom. The molecule has 2 aromatic rings. The Bertz CT molecular complexity index is 880. The Morgan fingerprint density at radius 1 is 0.963 bits per heavy atom. The molecule has 2 aromatic carbocycles. The second kappa shape index (κ2) is 7.21. The minimum atomic E-state index is -0.442. The number of aromatic hydroxyl groups is 1. The van der Waals surface area contributed by atoms with Gasteiger partial charge in [0, 0.05) is 31.2 Å². The number of piperazine rings is 1. The van der Waals surface area contributed by atoms with Crippen molar-refractivity contribution in [3.05, 3.63) is 53.6 Å². The highest BCUT2D eigenvalue weighted by Gasteiger charge is 2.43. The van der Waals surface area contributed by atoms with Crippen LogP contribution in [0.5, 0.6) is 5.75 Å². The summed E-state index contributed by atoms with van der Waals surface area (Å²) in [5, 5.41) is 10.5. The number of hydrogen-bond donors (Lipinski definition) is 1. The Labute approximate surface area is 162 Å². The molecule has 0 aliphatic carbocycles. The first-order valence-electron chi connectivity index (χ1n) is 8.94. The summed E-state index contributed by atoms with van der Waals surface area (Å²) in [6.45, 7) is 2.68. The van der Waals surface area contributed by atoms with Crippen LogP contribution >= 0.6 is 11.6 Å². The summed E-state index contributed by atoms with van der Waals surface area (Å²) in [5.41, 5.74) is 1.32. The van der Waals surface area contributed by atoms with E-state index in [2.05, 4.69) is 9.80 Å².